The molecule has 0 radical (unpaired) electrons. The largest absolute Gasteiger partial charge is 0.504 e. The van der Waals surface area contributed by atoms with Gasteiger partial charge in [0.25, 0.3) is 5.91 Å². The smallest absolute Gasteiger partial charge is 0.251 e. The number of carbonyl (C=O) groups is 1. The molecule has 0 heterocycles. The van der Waals surface area contributed by atoms with Gasteiger partial charge < -0.3 is 20.8 Å². The predicted octanol–water partition coefficient (Wildman–Crippen LogP) is 0.0470. The van der Waals surface area contributed by atoms with Gasteiger partial charge in [0.1, 0.15) is 0 Å². The monoisotopic (exact) mass is 210 g/mol. The second kappa shape index (κ2) is 5.21. The van der Waals surface area contributed by atoms with E-state index < -0.39 is 0 Å². The summed E-state index contributed by atoms with van der Waals surface area (Å²) in [5.74, 6) is -0.807. The van der Waals surface area contributed by atoms with Crippen molar-refractivity contribution in [1.29, 1.82) is 0 Å². The average molecular weight is 210 g/mol. The van der Waals surface area contributed by atoms with Gasteiger partial charge >= 0.3 is 0 Å². The summed E-state index contributed by atoms with van der Waals surface area (Å²) in [6, 6.07) is 3.95. The Morgan fingerprint density at radius 2 is 2.00 bits per heavy atom. The first-order chi connectivity index (χ1) is 7.15. The number of phenolic OH excluding ortho intramolecular Hbond substituents is 2. The van der Waals surface area contributed by atoms with Crippen molar-refractivity contribution in [3.63, 3.8) is 0 Å². The minimum atomic E-state index is -0.295. The van der Waals surface area contributed by atoms with E-state index in [1.165, 1.54) is 18.2 Å². The van der Waals surface area contributed by atoms with Gasteiger partial charge in [0, 0.05) is 18.7 Å². The number of phenols is 2. The number of nitrogens with one attached hydrogen (secondary N) is 2. The molecule has 0 spiro atoms. The van der Waals surface area contributed by atoms with E-state index in [4.69, 9.17) is 5.11 Å². The zero-order valence-electron chi connectivity index (χ0n) is 8.45. The number of benzene rings is 1. The molecular weight excluding hydrogens is 196 g/mol. The Hall–Kier alpha value is -1.75. The van der Waals surface area contributed by atoms with Crippen LogP contribution in [0, 0.1) is 0 Å². The van der Waals surface area contributed by atoms with Crippen molar-refractivity contribution < 1.29 is 15.0 Å². The number of amides is 1. The highest BCUT2D eigenvalue weighted by Gasteiger charge is 2.07. The minimum absolute atomic E-state index is 0.234. The van der Waals surface area contributed by atoms with Crippen LogP contribution in [-0.2, 0) is 0 Å². The zero-order valence-corrected chi connectivity index (χ0v) is 8.45. The van der Waals surface area contributed by atoms with Crippen LogP contribution in [0.2, 0.25) is 0 Å². The lowest BCUT2D eigenvalue weighted by molar-refractivity contribution is 0.0953. The van der Waals surface area contributed by atoms with Crippen LogP contribution >= 0.6 is 0 Å². The molecule has 0 aliphatic heterocycles. The van der Waals surface area contributed by atoms with Gasteiger partial charge in [-0.25, -0.2) is 0 Å². The number of aromatic hydroxyl groups is 2. The summed E-state index contributed by atoms with van der Waals surface area (Å²) in [5.41, 5.74) is 0.321. The number of carbonyl (C=O) groups excluding carboxylic acids is 1. The minimum Gasteiger partial charge on any atom is -0.504 e. The first-order valence-electron chi connectivity index (χ1n) is 4.60. The molecule has 0 unspecified atom stereocenters. The standard InChI is InChI=1S/C10H14N2O3/c1-11-4-5-12-10(15)7-2-3-8(13)9(14)6-7/h2-3,6,11,13-14H,4-5H2,1H3,(H,12,15). The second-order valence-electron chi connectivity index (χ2n) is 3.06. The zero-order chi connectivity index (χ0) is 11.3. The molecule has 1 rings (SSSR count). The van der Waals surface area contributed by atoms with Gasteiger partial charge in [0.05, 0.1) is 0 Å². The van der Waals surface area contributed by atoms with Crippen LogP contribution in [0.3, 0.4) is 0 Å². The molecule has 0 bridgehead atoms. The molecule has 0 aliphatic carbocycles. The summed E-state index contributed by atoms with van der Waals surface area (Å²) in [4.78, 5) is 11.5. The average Bonchev–Trinajstić information content (AvgIpc) is 2.22. The lowest BCUT2D eigenvalue weighted by atomic mass is 10.2. The summed E-state index contributed by atoms with van der Waals surface area (Å²) in [7, 11) is 1.79. The molecule has 0 atom stereocenters. The number of hydrogen-bond donors (Lipinski definition) is 4. The summed E-state index contributed by atoms with van der Waals surface area (Å²) >= 11 is 0. The van der Waals surface area contributed by atoms with Crippen LogP contribution in [0.1, 0.15) is 10.4 Å². The van der Waals surface area contributed by atoms with Gasteiger partial charge in [0.2, 0.25) is 0 Å². The maximum atomic E-state index is 11.5. The molecule has 15 heavy (non-hydrogen) atoms. The van der Waals surface area contributed by atoms with Crippen LogP contribution in [0.15, 0.2) is 18.2 Å². The Morgan fingerprint density at radius 3 is 2.60 bits per heavy atom. The lowest BCUT2D eigenvalue weighted by Gasteiger charge is -2.05. The Balaban J connectivity index is 2.62. The topological polar surface area (TPSA) is 81.6 Å². The summed E-state index contributed by atoms with van der Waals surface area (Å²) in [5, 5.41) is 23.8. The summed E-state index contributed by atoms with van der Waals surface area (Å²) in [6.07, 6.45) is 0. The van der Waals surface area contributed by atoms with E-state index in [2.05, 4.69) is 10.6 Å². The predicted molar refractivity (Wildman–Crippen MR) is 56.0 cm³/mol. The van der Waals surface area contributed by atoms with Crippen molar-refractivity contribution in [1.82, 2.24) is 10.6 Å². The van der Waals surface area contributed by atoms with Crippen LogP contribution in [0.4, 0.5) is 0 Å². The Kier molecular flexibility index (Phi) is 3.93. The molecule has 5 nitrogen and oxygen atoms in total. The van der Waals surface area contributed by atoms with Crippen molar-refractivity contribution in [3.05, 3.63) is 23.8 Å². The van der Waals surface area contributed by atoms with Gasteiger partial charge in [-0.1, -0.05) is 0 Å². The fraction of sp³-hybridized carbons (Fsp3) is 0.300. The van der Waals surface area contributed by atoms with Crippen LogP contribution in [0.25, 0.3) is 0 Å². The Bertz CT molecular complexity index is 353. The van der Waals surface area contributed by atoms with E-state index in [-0.39, 0.29) is 17.4 Å². The van der Waals surface area contributed by atoms with Crippen molar-refractivity contribution in [2.75, 3.05) is 20.1 Å². The molecule has 0 saturated heterocycles. The normalized spacial score (nSPS) is 9.93. The maximum Gasteiger partial charge on any atom is 0.251 e. The Labute approximate surface area is 87.7 Å². The van der Waals surface area contributed by atoms with Gasteiger partial charge in [0.15, 0.2) is 11.5 Å². The molecule has 0 saturated carbocycles. The van der Waals surface area contributed by atoms with Crippen molar-refractivity contribution in [2.24, 2.45) is 0 Å². The second-order valence-corrected chi connectivity index (χ2v) is 3.06. The van der Waals surface area contributed by atoms with Crippen LogP contribution in [-0.4, -0.2) is 36.3 Å². The van der Waals surface area contributed by atoms with Gasteiger partial charge in [-0.15, -0.1) is 0 Å². The maximum absolute atomic E-state index is 11.5. The molecule has 1 aromatic rings. The fourth-order valence-electron chi connectivity index (χ4n) is 1.07. The number of likely N-dealkylation sites (N-methyl/N-ethyl adjacent to an activating group) is 1. The molecule has 0 aliphatic rings. The van der Waals surface area contributed by atoms with E-state index in [0.29, 0.717) is 18.7 Å². The highest BCUT2D eigenvalue weighted by molar-refractivity contribution is 5.94. The van der Waals surface area contributed by atoms with E-state index >= 15 is 0 Å². The van der Waals surface area contributed by atoms with Gasteiger partial charge in [-0.3, -0.25) is 4.79 Å². The lowest BCUT2D eigenvalue weighted by Crippen LogP contribution is -2.30. The highest BCUT2D eigenvalue weighted by atomic mass is 16.3. The summed E-state index contributed by atoms with van der Waals surface area (Å²) in [6.45, 7) is 1.19. The molecule has 0 aromatic heterocycles. The number of hydrogen-bond acceptors (Lipinski definition) is 4. The van der Waals surface area contributed by atoms with E-state index in [1.54, 1.807) is 7.05 Å². The van der Waals surface area contributed by atoms with Gasteiger partial charge in [-0.05, 0) is 25.2 Å². The van der Waals surface area contributed by atoms with Crippen molar-refractivity contribution >= 4 is 5.91 Å². The van der Waals surface area contributed by atoms with E-state index in [1.807, 2.05) is 0 Å². The third-order valence-electron chi connectivity index (χ3n) is 1.90. The Morgan fingerprint density at radius 1 is 1.27 bits per heavy atom. The molecule has 1 aromatic carbocycles. The molecule has 82 valence electrons. The van der Waals surface area contributed by atoms with Crippen molar-refractivity contribution in [2.45, 2.75) is 0 Å². The van der Waals surface area contributed by atoms with Crippen LogP contribution in [0.5, 0.6) is 11.5 Å². The molecule has 5 heteroatoms. The molecule has 4 N–H and O–H groups in total. The first-order valence-corrected chi connectivity index (χ1v) is 4.60. The SMILES string of the molecule is CNCCNC(=O)c1ccc(O)c(O)c1. The third kappa shape index (κ3) is 3.14. The van der Waals surface area contributed by atoms with Gasteiger partial charge in [-0.2, -0.15) is 0 Å². The quantitative estimate of drug-likeness (QED) is 0.418. The van der Waals surface area contributed by atoms with Crippen LogP contribution < -0.4 is 10.6 Å². The summed E-state index contributed by atoms with van der Waals surface area (Å²) < 4.78 is 0. The molecule has 1 amide bonds. The molecular formula is C10H14N2O3. The fourth-order valence-corrected chi connectivity index (χ4v) is 1.07. The molecule has 0 fully saturated rings. The van der Waals surface area contributed by atoms with Crippen molar-refractivity contribution in [3.8, 4) is 11.5 Å². The first kappa shape index (κ1) is 11.3. The highest BCUT2D eigenvalue weighted by Crippen LogP contribution is 2.24. The van der Waals surface area contributed by atoms with E-state index in [9.17, 15) is 9.90 Å². The number of rotatable bonds is 4. The van der Waals surface area contributed by atoms with E-state index in [0.717, 1.165) is 0 Å². The third-order valence-corrected chi connectivity index (χ3v) is 1.90.